The average molecular weight is 331 g/mol. The number of rotatable bonds is 4. The maximum Gasteiger partial charge on any atom is 0.0469 e. The van der Waals surface area contributed by atoms with Gasteiger partial charge in [-0.1, -0.05) is 12.1 Å². The smallest absolute Gasteiger partial charge is 0.0469 e. The van der Waals surface area contributed by atoms with Crippen LogP contribution in [-0.2, 0) is 11.3 Å². The van der Waals surface area contributed by atoms with Crippen LogP contribution in [0.2, 0.25) is 0 Å². The lowest BCUT2D eigenvalue weighted by atomic mass is 10.0. The molecule has 1 N–H and O–H groups in total. The molecule has 0 spiro atoms. The van der Waals surface area contributed by atoms with E-state index in [4.69, 9.17) is 4.74 Å². The molecule has 1 aliphatic rings. The van der Waals surface area contributed by atoms with E-state index in [0.29, 0.717) is 0 Å². The minimum Gasteiger partial charge on any atom is -0.381 e. The largest absolute Gasteiger partial charge is 0.381 e. The molecule has 1 aliphatic heterocycles. The van der Waals surface area contributed by atoms with Crippen LogP contribution in [0, 0.1) is 9.49 Å². The van der Waals surface area contributed by atoms with Crippen LogP contribution in [0.25, 0.3) is 0 Å². The SMILES string of the molecule is Ic1ccc(CNCC2CCOCC2)cc1. The van der Waals surface area contributed by atoms with Gasteiger partial charge in [-0.25, -0.2) is 0 Å². The van der Waals surface area contributed by atoms with E-state index < -0.39 is 0 Å². The van der Waals surface area contributed by atoms with Crippen LogP contribution in [0.15, 0.2) is 24.3 Å². The van der Waals surface area contributed by atoms with Gasteiger partial charge in [-0.3, -0.25) is 0 Å². The lowest BCUT2D eigenvalue weighted by molar-refractivity contribution is 0.0662. The quantitative estimate of drug-likeness (QED) is 0.857. The van der Waals surface area contributed by atoms with Crippen molar-refractivity contribution in [2.45, 2.75) is 19.4 Å². The summed E-state index contributed by atoms with van der Waals surface area (Å²) in [7, 11) is 0. The van der Waals surface area contributed by atoms with E-state index in [1.165, 1.54) is 22.0 Å². The molecule has 2 rings (SSSR count). The summed E-state index contributed by atoms with van der Waals surface area (Å²) in [4.78, 5) is 0. The molecule has 0 bridgehead atoms. The molecule has 1 aromatic carbocycles. The number of hydrogen-bond donors (Lipinski definition) is 1. The number of nitrogens with one attached hydrogen (secondary N) is 1. The number of halogens is 1. The summed E-state index contributed by atoms with van der Waals surface area (Å²) in [5.41, 5.74) is 1.37. The van der Waals surface area contributed by atoms with Gasteiger partial charge in [0, 0.05) is 23.3 Å². The third-order valence-corrected chi connectivity index (χ3v) is 3.74. The van der Waals surface area contributed by atoms with Gasteiger partial charge in [0.05, 0.1) is 0 Å². The summed E-state index contributed by atoms with van der Waals surface area (Å²) in [6.45, 7) is 3.98. The highest BCUT2D eigenvalue weighted by atomic mass is 127. The molecule has 0 atom stereocenters. The zero-order valence-electron chi connectivity index (χ0n) is 9.42. The van der Waals surface area contributed by atoms with Gasteiger partial charge in [0.15, 0.2) is 0 Å². The minimum absolute atomic E-state index is 0.803. The third kappa shape index (κ3) is 4.03. The molecule has 0 aliphatic carbocycles. The second-order valence-electron chi connectivity index (χ2n) is 4.31. The molecule has 0 saturated carbocycles. The van der Waals surface area contributed by atoms with E-state index in [-0.39, 0.29) is 0 Å². The molecule has 3 heteroatoms. The van der Waals surface area contributed by atoms with E-state index in [0.717, 1.165) is 32.2 Å². The summed E-state index contributed by atoms with van der Waals surface area (Å²) in [5, 5.41) is 3.53. The van der Waals surface area contributed by atoms with E-state index in [1.54, 1.807) is 0 Å². The van der Waals surface area contributed by atoms with Crippen molar-refractivity contribution in [2.24, 2.45) is 5.92 Å². The first-order valence-electron chi connectivity index (χ1n) is 5.87. The molecular weight excluding hydrogens is 313 g/mol. The van der Waals surface area contributed by atoms with Crippen LogP contribution in [0.5, 0.6) is 0 Å². The van der Waals surface area contributed by atoms with Crippen LogP contribution in [0.4, 0.5) is 0 Å². The summed E-state index contributed by atoms with van der Waals surface area (Å²) >= 11 is 2.34. The molecule has 2 nitrogen and oxygen atoms in total. The Kier molecular flexibility index (Phi) is 5.06. The van der Waals surface area contributed by atoms with E-state index in [2.05, 4.69) is 52.2 Å². The fourth-order valence-electron chi connectivity index (χ4n) is 1.97. The van der Waals surface area contributed by atoms with Crippen LogP contribution in [0.1, 0.15) is 18.4 Å². The predicted octanol–water partition coefficient (Wildman–Crippen LogP) is 2.81. The molecule has 1 aromatic rings. The van der Waals surface area contributed by atoms with Crippen molar-refractivity contribution in [3.05, 3.63) is 33.4 Å². The van der Waals surface area contributed by atoms with Crippen molar-refractivity contribution < 1.29 is 4.74 Å². The first-order chi connectivity index (χ1) is 7.84. The van der Waals surface area contributed by atoms with Crippen molar-refractivity contribution in [2.75, 3.05) is 19.8 Å². The Hall–Kier alpha value is -0.130. The van der Waals surface area contributed by atoms with Gasteiger partial charge in [0.2, 0.25) is 0 Å². The van der Waals surface area contributed by atoms with E-state index >= 15 is 0 Å². The molecule has 1 heterocycles. The van der Waals surface area contributed by atoms with Crippen molar-refractivity contribution in [3.8, 4) is 0 Å². The average Bonchev–Trinajstić information content (AvgIpc) is 2.33. The van der Waals surface area contributed by atoms with Crippen LogP contribution in [-0.4, -0.2) is 19.8 Å². The van der Waals surface area contributed by atoms with Gasteiger partial charge in [-0.2, -0.15) is 0 Å². The summed E-state index contributed by atoms with van der Waals surface area (Å²) in [5.74, 6) is 0.803. The Morgan fingerprint density at radius 2 is 1.88 bits per heavy atom. The Bertz CT molecular complexity index is 306. The van der Waals surface area contributed by atoms with Gasteiger partial charge in [0.1, 0.15) is 0 Å². The molecule has 88 valence electrons. The summed E-state index contributed by atoms with van der Waals surface area (Å²) < 4.78 is 6.65. The van der Waals surface area contributed by atoms with Crippen molar-refractivity contribution in [1.82, 2.24) is 5.32 Å². The molecule has 0 radical (unpaired) electrons. The van der Waals surface area contributed by atoms with Gasteiger partial charge in [-0.15, -0.1) is 0 Å². The lowest BCUT2D eigenvalue weighted by Crippen LogP contribution is -2.27. The number of benzene rings is 1. The maximum absolute atomic E-state index is 5.35. The topological polar surface area (TPSA) is 21.3 Å². The Balaban J connectivity index is 1.69. The molecule has 1 saturated heterocycles. The summed E-state index contributed by atoms with van der Waals surface area (Å²) in [6.07, 6.45) is 2.42. The van der Waals surface area contributed by atoms with E-state index in [1.807, 2.05) is 0 Å². The molecule has 0 aromatic heterocycles. The zero-order valence-corrected chi connectivity index (χ0v) is 11.6. The fourth-order valence-corrected chi connectivity index (χ4v) is 2.33. The van der Waals surface area contributed by atoms with Gasteiger partial charge < -0.3 is 10.1 Å². The second-order valence-corrected chi connectivity index (χ2v) is 5.56. The molecule has 0 amide bonds. The minimum atomic E-state index is 0.803. The Morgan fingerprint density at radius 1 is 1.19 bits per heavy atom. The van der Waals surface area contributed by atoms with Crippen LogP contribution < -0.4 is 5.32 Å². The first kappa shape index (κ1) is 12.3. The first-order valence-corrected chi connectivity index (χ1v) is 6.95. The monoisotopic (exact) mass is 331 g/mol. The van der Waals surface area contributed by atoms with Gasteiger partial charge >= 0.3 is 0 Å². The molecular formula is C13H18INO. The summed E-state index contributed by atoms with van der Waals surface area (Å²) in [6, 6.07) is 8.70. The van der Waals surface area contributed by atoms with E-state index in [9.17, 15) is 0 Å². The van der Waals surface area contributed by atoms with Gasteiger partial charge in [-0.05, 0) is 65.6 Å². The maximum atomic E-state index is 5.35. The highest BCUT2D eigenvalue weighted by Gasteiger charge is 2.12. The highest BCUT2D eigenvalue weighted by molar-refractivity contribution is 14.1. The molecule has 0 unspecified atom stereocenters. The second kappa shape index (κ2) is 6.57. The van der Waals surface area contributed by atoms with Crippen LogP contribution in [0.3, 0.4) is 0 Å². The standard InChI is InChI=1S/C13H18INO/c14-13-3-1-11(2-4-13)9-15-10-12-5-7-16-8-6-12/h1-4,12,15H,5-10H2. The zero-order chi connectivity index (χ0) is 11.2. The highest BCUT2D eigenvalue weighted by Crippen LogP contribution is 2.13. The Labute approximate surface area is 111 Å². The fraction of sp³-hybridized carbons (Fsp3) is 0.538. The predicted molar refractivity (Wildman–Crippen MR) is 74.4 cm³/mol. The molecule has 1 fully saturated rings. The van der Waals surface area contributed by atoms with Crippen molar-refractivity contribution >= 4 is 22.6 Å². The molecule has 16 heavy (non-hydrogen) atoms. The third-order valence-electron chi connectivity index (χ3n) is 3.02. The van der Waals surface area contributed by atoms with Gasteiger partial charge in [0.25, 0.3) is 0 Å². The number of hydrogen-bond acceptors (Lipinski definition) is 2. The lowest BCUT2D eigenvalue weighted by Gasteiger charge is -2.22. The van der Waals surface area contributed by atoms with Crippen LogP contribution >= 0.6 is 22.6 Å². The normalized spacial score (nSPS) is 17.6. The van der Waals surface area contributed by atoms with Crippen molar-refractivity contribution in [1.29, 1.82) is 0 Å². The Morgan fingerprint density at radius 3 is 2.56 bits per heavy atom. The van der Waals surface area contributed by atoms with Crippen molar-refractivity contribution in [3.63, 3.8) is 0 Å². The number of ether oxygens (including phenoxy) is 1.